The summed E-state index contributed by atoms with van der Waals surface area (Å²) in [6, 6.07) is 8.35. The fourth-order valence-corrected chi connectivity index (χ4v) is 2.64. The van der Waals surface area contributed by atoms with Crippen molar-refractivity contribution in [1.82, 2.24) is 10.2 Å². The molecule has 0 bridgehead atoms. The first kappa shape index (κ1) is 15.8. The highest BCUT2D eigenvalue weighted by atomic mass is 16.2. The fraction of sp³-hybridized carbons (Fsp3) is 0.588. The molecular weight excluding hydrogens is 262 g/mol. The van der Waals surface area contributed by atoms with Crippen LogP contribution in [0.5, 0.6) is 0 Å². The van der Waals surface area contributed by atoms with E-state index in [0.29, 0.717) is 12.0 Å². The molecular formula is C17H27N3O. The van der Waals surface area contributed by atoms with E-state index in [4.69, 9.17) is 0 Å². The standard InChI is InChI=1S/C17H27N3O/c1-4-13(2)14-5-7-15(8-6-14)18-17(21)19-16-9-11-20(3)12-10-16/h5-8,13,16H,4,9-12H2,1-3H3,(H2,18,19,21)/t13-/m1/s1. The van der Waals surface area contributed by atoms with E-state index in [1.54, 1.807) is 0 Å². The van der Waals surface area contributed by atoms with Crippen LogP contribution in [0.4, 0.5) is 10.5 Å². The summed E-state index contributed by atoms with van der Waals surface area (Å²) in [4.78, 5) is 14.3. The summed E-state index contributed by atoms with van der Waals surface area (Å²) in [6.45, 7) is 6.50. The minimum absolute atomic E-state index is 0.0964. The van der Waals surface area contributed by atoms with Gasteiger partial charge in [-0.25, -0.2) is 4.79 Å². The van der Waals surface area contributed by atoms with Gasteiger partial charge in [0.1, 0.15) is 0 Å². The highest BCUT2D eigenvalue weighted by Gasteiger charge is 2.18. The lowest BCUT2D eigenvalue weighted by Crippen LogP contribution is -2.44. The Labute approximate surface area is 127 Å². The van der Waals surface area contributed by atoms with Gasteiger partial charge in [0, 0.05) is 11.7 Å². The van der Waals surface area contributed by atoms with Crippen LogP contribution in [-0.2, 0) is 0 Å². The largest absolute Gasteiger partial charge is 0.335 e. The maximum atomic E-state index is 12.0. The van der Waals surface area contributed by atoms with Crippen LogP contribution in [0.1, 0.15) is 44.6 Å². The van der Waals surface area contributed by atoms with Crippen LogP contribution in [0.25, 0.3) is 0 Å². The zero-order valence-electron chi connectivity index (χ0n) is 13.4. The summed E-state index contributed by atoms with van der Waals surface area (Å²) in [7, 11) is 2.12. The number of hydrogen-bond donors (Lipinski definition) is 2. The zero-order valence-corrected chi connectivity index (χ0v) is 13.4. The average molecular weight is 289 g/mol. The average Bonchev–Trinajstić information content (AvgIpc) is 2.49. The molecule has 1 atom stereocenters. The minimum Gasteiger partial charge on any atom is -0.335 e. The summed E-state index contributed by atoms with van der Waals surface area (Å²) in [5.74, 6) is 0.562. The summed E-state index contributed by atoms with van der Waals surface area (Å²) in [6.07, 6.45) is 3.18. The van der Waals surface area contributed by atoms with Gasteiger partial charge >= 0.3 is 6.03 Å². The maximum absolute atomic E-state index is 12.0. The van der Waals surface area contributed by atoms with Crippen LogP contribution in [0.3, 0.4) is 0 Å². The van der Waals surface area contributed by atoms with Gasteiger partial charge in [-0.3, -0.25) is 0 Å². The van der Waals surface area contributed by atoms with Crippen molar-refractivity contribution in [2.75, 3.05) is 25.5 Å². The van der Waals surface area contributed by atoms with Gasteiger partial charge in [0.25, 0.3) is 0 Å². The number of carbonyl (C=O) groups is 1. The summed E-state index contributed by atoms with van der Waals surface area (Å²) in [5, 5.41) is 5.98. The first-order valence-electron chi connectivity index (χ1n) is 7.94. The van der Waals surface area contributed by atoms with Gasteiger partial charge < -0.3 is 15.5 Å². The number of nitrogens with zero attached hydrogens (tertiary/aromatic N) is 1. The van der Waals surface area contributed by atoms with Crippen molar-refractivity contribution in [2.45, 2.75) is 45.1 Å². The number of anilines is 1. The Morgan fingerprint density at radius 1 is 1.29 bits per heavy atom. The second-order valence-electron chi connectivity index (χ2n) is 6.11. The number of piperidine rings is 1. The molecule has 1 aromatic carbocycles. The number of amides is 2. The van der Waals surface area contributed by atoms with E-state index in [2.05, 4.69) is 48.6 Å². The highest BCUT2D eigenvalue weighted by Crippen LogP contribution is 2.20. The summed E-state index contributed by atoms with van der Waals surface area (Å²) < 4.78 is 0. The van der Waals surface area contributed by atoms with Crippen LogP contribution in [0, 0.1) is 0 Å². The molecule has 1 aliphatic heterocycles. The van der Waals surface area contributed by atoms with E-state index in [0.717, 1.165) is 38.0 Å². The van der Waals surface area contributed by atoms with Gasteiger partial charge in [-0.1, -0.05) is 26.0 Å². The quantitative estimate of drug-likeness (QED) is 0.892. The number of nitrogens with one attached hydrogen (secondary N) is 2. The van der Waals surface area contributed by atoms with Crippen LogP contribution < -0.4 is 10.6 Å². The Kier molecular flexibility index (Phi) is 5.62. The molecule has 0 saturated carbocycles. The van der Waals surface area contributed by atoms with Gasteiger partial charge in [0.05, 0.1) is 0 Å². The Morgan fingerprint density at radius 3 is 2.48 bits per heavy atom. The molecule has 1 heterocycles. The Hall–Kier alpha value is -1.55. The number of rotatable bonds is 4. The van der Waals surface area contributed by atoms with E-state index < -0.39 is 0 Å². The molecule has 4 nitrogen and oxygen atoms in total. The molecule has 0 aliphatic carbocycles. The summed E-state index contributed by atoms with van der Waals surface area (Å²) >= 11 is 0. The predicted molar refractivity (Wildman–Crippen MR) is 87.8 cm³/mol. The number of likely N-dealkylation sites (tertiary alicyclic amines) is 1. The second-order valence-corrected chi connectivity index (χ2v) is 6.11. The van der Waals surface area contributed by atoms with Crippen LogP contribution in [-0.4, -0.2) is 37.1 Å². The Morgan fingerprint density at radius 2 is 1.90 bits per heavy atom. The van der Waals surface area contributed by atoms with E-state index in [1.807, 2.05) is 12.1 Å². The molecule has 2 amide bonds. The molecule has 0 unspecified atom stereocenters. The van der Waals surface area contributed by atoms with E-state index in [9.17, 15) is 4.79 Å². The first-order chi connectivity index (χ1) is 10.1. The van der Waals surface area contributed by atoms with Crippen molar-refractivity contribution in [3.05, 3.63) is 29.8 Å². The second kappa shape index (κ2) is 7.46. The molecule has 0 radical (unpaired) electrons. The van der Waals surface area contributed by atoms with Crippen molar-refractivity contribution in [3.8, 4) is 0 Å². The van der Waals surface area contributed by atoms with E-state index in [1.165, 1.54) is 5.56 Å². The number of benzene rings is 1. The normalized spacial score (nSPS) is 18.2. The van der Waals surface area contributed by atoms with Crippen molar-refractivity contribution >= 4 is 11.7 Å². The van der Waals surface area contributed by atoms with Crippen molar-refractivity contribution in [2.24, 2.45) is 0 Å². The lowest BCUT2D eigenvalue weighted by molar-refractivity contribution is 0.221. The van der Waals surface area contributed by atoms with E-state index >= 15 is 0 Å². The third-order valence-corrected chi connectivity index (χ3v) is 4.40. The molecule has 0 spiro atoms. The fourth-order valence-electron chi connectivity index (χ4n) is 2.64. The van der Waals surface area contributed by atoms with Crippen molar-refractivity contribution in [1.29, 1.82) is 0 Å². The van der Waals surface area contributed by atoms with Crippen LogP contribution in [0.15, 0.2) is 24.3 Å². The number of carbonyl (C=O) groups excluding carboxylic acids is 1. The predicted octanol–water partition coefficient (Wildman–Crippen LogP) is 3.42. The third-order valence-electron chi connectivity index (χ3n) is 4.40. The van der Waals surface area contributed by atoms with Gasteiger partial charge in [-0.2, -0.15) is 0 Å². The molecule has 2 rings (SSSR count). The number of hydrogen-bond acceptors (Lipinski definition) is 2. The van der Waals surface area contributed by atoms with Gasteiger partial charge in [-0.05, 0) is 63.0 Å². The highest BCUT2D eigenvalue weighted by molar-refractivity contribution is 5.89. The summed E-state index contributed by atoms with van der Waals surface area (Å²) in [5.41, 5.74) is 2.17. The smallest absolute Gasteiger partial charge is 0.319 e. The molecule has 1 aromatic rings. The number of urea groups is 1. The molecule has 1 saturated heterocycles. The van der Waals surface area contributed by atoms with Crippen LogP contribution >= 0.6 is 0 Å². The molecule has 1 fully saturated rings. The Bertz CT molecular complexity index is 450. The van der Waals surface area contributed by atoms with Crippen molar-refractivity contribution in [3.63, 3.8) is 0 Å². The Balaban J connectivity index is 1.82. The SMILES string of the molecule is CC[C@@H](C)c1ccc(NC(=O)NC2CCN(C)CC2)cc1. The zero-order chi connectivity index (χ0) is 15.2. The van der Waals surface area contributed by atoms with E-state index in [-0.39, 0.29) is 6.03 Å². The molecule has 2 N–H and O–H groups in total. The van der Waals surface area contributed by atoms with Gasteiger partial charge in [-0.15, -0.1) is 0 Å². The lowest BCUT2D eigenvalue weighted by atomic mass is 9.99. The monoisotopic (exact) mass is 289 g/mol. The van der Waals surface area contributed by atoms with Crippen LogP contribution in [0.2, 0.25) is 0 Å². The third kappa shape index (κ3) is 4.74. The molecule has 4 heteroatoms. The maximum Gasteiger partial charge on any atom is 0.319 e. The minimum atomic E-state index is -0.0964. The first-order valence-corrected chi connectivity index (χ1v) is 7.94. The molecule has 1 aliphatic rings. The molecule has 116 valence electrons. The van der Waals surface area contributed by atoms with Crippen molar-refractivity contribution < 1.29 is 4.79 Å². The van der Waals surface area contributed by atoms with Gasteiger partial charge in [0.2, 0.25) is 0 Å². The lowest BCUT2D eigenvalue weighted by Gasteiger charge is -2.29. The van der Waals surface area contributed by atoms with Gasteiger partial charge in [0.15, 0.2) is 0 Å². The topological polar surface area (TPSA) is 44.4 Å². The molecule has 0 aromatic heterocycles. The molecule has 21 heavy (non-hydrogen) atoms.